The Morgan fingerprint density at radius 1 is 1.11 bits per heavy atom. The second-order valence-corrected chi connectivity index (χ2v) is 6.21. The summed E-state index contributed by atoms with van der Waals surface area (Å²) in [5.74, 6) is 1.08. The van der Waals surface area contributed by atoms with E-state index in [1.165, 1.54) is 6.20 Å². The lowest BCUT2D eigenvalue weighted by molar-refractivity contribution is -0.0523. The van der Waals surface area contributed by atoms with E-state index in [0.717, 1.165) is 0 Å². The average molecular weight is 392 g/mol. The largest absolute Gasteiger partial charge is 0.489 e. The van der Waals surface area contributed by atoms with Crippen LogP contribution in [0.25, 0.3) is 0 Å². The predicted molar refractivity (Wildman–Crippen MR) is 103 cm³/mol. The third-order valence-electron chi connectivity index (χ3n) is 4.12. The molecule has 2 rings (SSSR count). The molecule has 4 N–H and O–H groups in total. The molecule has 2 atom stereocenters. The summed E-state index contributed by atoms with van der Waals surface area (Å²) in [4.78, 5) is 4.15. The molecule has 0 fully saturated rings. The number of pyridine rings is 1. The van der Waals surface area contributed by atoms with E-state index >= 15 is 0 Å². The molecule has 0 saturated heterocycles. The summed E-state index contributed by atoms with van der Waals surface area (Å²) in [7, 11) is 1.55. The van der Waals surface area contributed by atoms with Crippen molar-refractivity contribution in [3.63, 3.8) is 0 Å². The first-order chi connectivity index (χ1) is 13.6. The van der Waals surface area contributed by atoms with Crippen LogP contribution in [0.4, 0.5) is 0 Å². The molecule has 8 heteroatoms. The monoisotopic (exact) mass is 392 g/mol. The van der Waals surface area contributed by atoms with E-state index in [-0.39, 0.29) is 26.4 Å². The lowest BCUT2D eigenvalue weighted by atomic mass is 10.1. The molecule has 0 amide bonds. The number of ether oxygens (including phenoxy) is 3. The number of para-hydroxylation sites is 1. The molecule has 0 aliphatic rings. The molecule has 1 aromatic heterocycles. The Balaban J connectivity index is 1.80. The third-order valence-corrected chi connectivity index (χ3v) is 4.12. The maximum absolute atomic E-state index is 10.2. The summed E-state index contributed by atoms with van der Waals surface area (Å²) in [5.41, 5.74) is 1.56. The predicted octanol–water partition coefficient (Wildman–Crippen LogP) is 0.755. The van der Waals surface area contributed by atoms with E-state index in [1.807, 2.05) is 30.3 Å². The fourth-order valence-corrected chi connectivity index (χ4v) is 2.61. The highest BCUT2D eigenvalue weighted by molar-refractivity contribution is 5.41. The van der Waals surface area contributed by atoms with Gasteiger partial charge in [0, 0.05) is 31.0 Å². The number of aliphatic hydroxyl groups excluding tert-OH is 3. The van der Waals surface area contributed by atoms with Crippen LogP contribution < -0.4 is 14.8 Å². The molecule has 2 unspecified atom stereocenters. The number of benzene rings is 1. The van der Waals surface area contributed by atoms with Crippen molar-refractivity contribution in [3.8, 4) is 11.5 Å². The minimum Gasteiger partial charge on any atom is -0.489 e. The van der Waals surface area contributed by atoms with Crippen molar-refractivity contribution in [1.29, 1.82) is 0 Å². The van der Waals surface area contributed by atoms with Gasteiger partial charge in [-0.05, 0) is 19.1 Å². The number of methoxy groups -OCH3 is 1. The quantitative estimate of drug-likeness (QED) is 0.392. The van der Waals surface area contributed by atoms with Gasteiger partial charge in [-0.15, -0.1) is 0 Å². The van der Waals surface area contributed by atoms with Crippen molar-refractivity contribution in [2.45, 2.75) is 32.5 Å². The molecule has 8 nitrogen and oxygen atoms in total. The van der Waals surface area contributed by atoms with Crippen molar-refractivity contribution >= 4 is 0 Å². The zero-order valence-corrected chi connectivity index (χ0v) is 16.2. The Bertz CT molecular complexity index is 713. The molecule has 0 saturated carbocycles. The first-order valence-corrected chi connectivity index (χ1v) is 9.04. The minimum atomic E-state index is -0.794. The minimum absolute atomic E-state index is 0.00852. The fourth-order valence-electron chi connectivity index (χ4n) is 2.61. The second kappa shape index (κ2) is 11.6. The first-order valence-electron chi connectivity index (χ1n) is 9.04. The van der Waals surface area contributed by atoms with E-state index in [9.17, 15) is 15.3 Å². The van der Waals surface area contributed by atoms with Gasteiger partial charge in [-0.1, -0.05) is 18.2 Å². The Morgan fingerprint density at radius 2 is 1.86 bits per heavy atom. The number of nitrogens with zero attached hydrogens (tertiary/aromatic N) is 1. The Morgan fingerprint density at radius 3 is 2.50 bits per heavy atom. The van der Waals surface area contributed by atoms with E-state index in [0.29, 0.717) is 34.9 Å². The van der Waals surface area contributed by atoms with Gasteiger partial charge in [0.25, 0.3) is 0 Å². The van der Waals surface area contributed by atoms with Crippen LogP contribution >= 0.6 is 0 Å². The van der Waals surface area contributed by atoms with Gasteiger partial charge in [-0.2, -0.15) is 0 Å². The van der Waals surface area contributed by atoms with E-state index in [4.69, 9.17) is 14.2 Å². The summed E-state index contributed by atoms with van der Waals surface area (Å²) in [5, 5.41) is 32.1. The molecular formula is C20H28N2O6. The number of aromatic nitrogens is 1. The lowest BCUT2D eigenvalue weighted by Gasteiger charge is -2.20. The molecule has 1 aromatic carbocycles. The molecule has 28 heavy (non-hydrogen) atoms. The average Bonchev–Trinajstić information content (AvgIpc) is 2.72. The van der Waals surface area contributed by atoms with Crippen molar-refractivity contribution in [2.75, 3.05) is 26.8 Å². The van der Waals surface area contributed by atoms with Gasteiger partial charge in [-0.25, -0.2) is 0 Å². The zero-order chi connectivity index (χ0) is 20.4. The first kappa shape index (κ1) is 22.1. The van der Waals surface area contributed by atoms with E-state index in [1.54, 1.807) is 14.0 Å². The highest BCUT2D eigenvalue weighted by Crippen LogP contribution is 2.25. The van der Waals surface area contributed by atoms with Crippen LogP contribution in [0, 0.1) is 6.92 Å². The van der Waals surface area contributed by atoms with Crippen molar-refractivity contribution < 1.29 is 29.5 Å². The summed E-state index contributed by atoms with van der Waals surface area (Å²) >= 11 is 0. The van der Waals surface area contributed by atoms with Gasteiger partial charge in [0.1, 0.15) is 24.2 Å². The molecule has 0 aliphatic carbocycles. The summed E-state index contributed by atoms with van der Waals surface area (Å²) in [6.07, 6.45) is 0.214. The fraction of sp³-hybridized carbons (Fsp3) is 0.450. The molecular weight excluding hydrogens is 364 g/mol. The normalized spacial score (nSPS) is 13.2. The number of nitrogens with one attached hydrogen (secondary N) is 1. The van der Waals surface area contributed by atoms with Gasteiger partial charge in [0.15, 0.2) is 0 Å². The Hall–Kier alpha value is -2.23. The SMILES string of the molecule is COC(CNCC(O)COc1c(C)ncc(CO)c1CO)Oc1ccccc1. The van der Waals surface area contributed by atoms with Crippen LogP contribution in [0.5, 0.6) is 11.5 Å². The smallest absolute Gasteiger partial charge is 0.212 e. The van der Waals surface area contributed by atoms with Crippen LogP contribution in [-0.4, -0.2) is 59.5 Å². The lowest BCUT2D eigenvalue weighted by Crippen LogP contribution is -2.38. The van der Waals surface area contributed by atoms with Crippen LogP contribution in [0.2, 0.25) is 0 Å². The van der Waals surface area contributed by atoms with Crippen LogP contribution in [-0.2, 0) is 18.0 Å². The Labute approximate surface area is 164 Å². The van der Waals surface area contributed by atoms with Crippen LogP contribution in [0.3, 0.4) is 0 Å². The zero-order valence-electron chi connectivity index (χ0n) is 16.2. The van der Waals surface area contributed by atoms with Gasteiger partial charge in [-0.3, -0.25) is 4.98 Å². The van der Waals surface area contributed by atoms with Gasteiger partial charge >= 0.3 is 0 Å². The van der Waals surface area contributed by atoms with Crippen molar-refractivity contribution in [2.24, 2.45) is 0 Å². The number of rotatable bonds is 12. The van der Waals surface area contributed by atoms with Crippen LogP contribution in [0.1, 0.15) is 16.8 Å². The summed E-state index contributed by atoms with van der Waals surface area (Å²) < 4.78 is 16.6. The van der Waals surface area contributed by atoms with Crippen molar-refractivity contribution in [1.82, 2.24) is 10.3 Å². The highest BCUT2D eigenvalue weighted by Gasteiger charge is 2.15. The summed E-state index contributed by atoms with van der Waals surface area (Å²) in [6.45, 7) is 1.86. The molecule has 0 aliphatic heterocycles. The van der Waals surface area contributed by atoms with E-state index < -0.39 is 12.4 Å². The standard InChI is InChI=1S/C20H28N2O6/c1-14-20(18(12-24)15(11-23)8-22-14)27-13-16(25)9-21-10-19(26-2)28-17-6-4-3-5-7-17/h3-8,16,19,21,23-25H,9-13H2,1-2H3. The number of aliphatic hydroxyl groups is 3. The maximum Gasteiger partial charge on any atom is 0.212 e. The molecule has 0 spiro atoms. The molecule has 154 valence electrons. The van der Waals surface area contributed by atoms with Crippen LogP contribution in [0.15, 0.2) is 36.5 Å². The van der Waals surface area contributed by atoms with Gasteiger partial charge < -0.3 is 34.8 Å². The molecule has 1 heterocycles. The number of hydrogen-bond acceptors (Lipinski definition) is 8. The van der Waals surface area contributed by atoms with E-state index in [2.05, 4.69) is 10.3 Å². The summed E-state index contributed by atoms with van der Waals surface area (Å²) in [6, 6.07) is 9.33. The number of aryl methyl sites for hydroxylation is 1. The molecule has 0 bridgehead atoms. The molecule has 2 aromatic rings. The Kier molecular flexibility index (Phi) is 9.12. The second-order valence-electron chi connectivity index (χ2n) is 6.21. The third kappa shape index (κ3) is 6.43. The van der Waals surface area contributed by atoms with Gasteiger partial charge in [0.05, 0.1) is 25.5 Å². The van der Waals surface area contributed by atoms with Crippen molar-refractivity contribution in [3.05, 3.63) is 53.3 Å². The topological polar surface area (TPSA) is 113 Å². The molecule has 0 radical (unpaired) electrons. The highest BCUT2D eigenvalue weighted by atomic mass is 16.7. The maximum atomic E-state index is 10.2. The van der Waals surface area contributed by atoms with Gasteiger partial charge in [0.2, 0.25) is 6.29 Å². The number of hydrogen-bond donors (Lipinski definition) is 4.